The average Bonchev–Trinajstić information content (AvgIpc) is 2.85. The maximum Gasteiger partial charge on any atom is 0.335 e. The summed E-state index contributed by atoms with van der Waals surface area (Å²) in [7, 11) is 0. The van der Waals surface area contributed by atoms with Gasteiger partial charge in [-0.3, -0.25) is 4.99 Å². The highest BCUT2D eigenvalue weighted by Gasteiger charge is 2.06. The summed E-state index contributed by atoms with van der Waals surface area (Å²) in [5, 5.41) is 18.7. The highest BCUT2D eigenvalue weighted by Crippen LogP contribution is 2.20. The number of aromatic carboxylic acids is 1. The summed E-state index contributed by atoms with van der Waals surface area (Å²) in [6, 6.07) is 9.01. The molecule has 7 nitrogen and oxygen atoms in total. The van der Waals surface area contributed by atoms with Crippen LogP contribution in [-0.2, 0) is 0 Å². The zero-order valence-corrected chi connectivity index (χ0v) is 11.2. The number of aromatic nitrogens is 2. The van der Waals surface area contributed by atoms with Crippen molar-refractivity contribution >= 4 is 28.9 Å². The van der Waals surface area contributed by atoms with Crippen molar-refractivity contribution in [3.05, 3.63) is 58.0 Å². The van der Waals surface area contributed by atoms with E-state index in [1.54, 1.807) is 18.2 Å². The lowest BCUT2D eigenvalue weighted by Crippen LogP contribution is -1.99. The van der Waals surface area contributed by atoms with Gasteiger partial charge in [0.05, 0.1) is 22.3 Å². The van der Waals surface area contributed by atoms with Gasteiger partial charge in [0.25, 0.3) is 0 Å². The molecular formula is C15H11N3O4. The predicted octanol–water partition coefficient (Wildman–Crippen LogP) is 2.01. The van der Waals surface area contributed by atoms with E-state index in [0.717, 1.165) is 0 Å². The Labute approximate surface area is 123 Å². The summed E-state index contributed by atoms with van der Waals surface area (Å²) in [4.78, 5) is 31.5. The van der Waals surface area contributed by atoms with Crippen LogP contribution >= 0.6 is 0 Å². The van der Waals surface area contributed by atoms with Crippen molar-refractivity contribution in [1.29, 1.82) is 0 Å². The second-order valence-corrected chi connectivity index (χ2v) is 4.65. The molecule has 0 aliphatic heterocycles. The first-order chi connectivity index (χ1) is 10.5. The first-order valence-electron chi connectivity index (χ1n) is 6.35. The zero-order chi connectivity index (χ0) is 15.7. The van der Waals surface area contributed by atoms with Crippen molar-refractivity contribution in [2.24, 2.45) is 4.99 Å². The molecule has 3 rings (SSSR count). The van der Waals surface area contributed by atoms with Crippen molar-refractivity contribution in [2.45, 2.75) is 0 Å². The van der Waals surface area contributed by atoms with E-state index in [1.807, 2.05) is 0 Å². The fraction of sp³-hybridized carbons (Fsp3) is 0. The number of aliphatic imine (C=N–C) groups is 1. The van der Waals surface area contributed by atoms with E-state index in [9.17, 15) is 14.7 Å². The van der Waals surface area contributed by atoms with Crippen LogP contribution in [0.15, 0.2) is 46.2 Å². The summed E-state index contributed by atoms with van der Waals surface area (Å²) in [5.41, 5.74) is 1.89. The number of benzene rings is 2. The first kappa shape index (κ1) is 13.6. The topological polar surface area (TPSA) is 119 Å². The van der Waals surface area contributed by atoms with Gasteiger partial charge in [0.1, 0.15) is 5.75 Å². The number of phenols is 1. The van der Waals surface area contributed by atoms with E-state index in [-0.39, 0.29) is 17.0 Å². The maximum atomic E-state index is 11.2. The first-order valence-corrected chi connectivity index (χ1v) is 6.35. The van der Waals surface area contributed by atoms with E-state index in [1.165, 1.54) is 24.4 Å². The minimum absolute atomic E-state index is 0.0599. The molecule has 7 heteroatoms. The number of aromatic amines is 2. The molecule has 3 aromatic rings. The van der Waals surface area contributed by atoms with Crippen LogP contribution in [0.1, 0.15) is 15.9 Å². The van der Waals surface area contributed by atoms with Gasteiger partial charge in [-0.2, -0.15) is 0 Å². The van der Waals surface area contributed by atoms with Gasteiger partial charge < -0.3 is 20.2 Å². The number of aromatic hydroxyl groups is 1. The molecular weight excluding hydrogens is 286 g/mol. The van der Waals surface area contributed by atoms with Crippen LogP contribution in [0.3, 0.4) is 0 Å². The fourth-order valence-corrected chi connectivity index (χ4v) is 2.04. The largest absolute Gasteiger partial charge is 0.507 e. The van der Waals surface area contributed by atoms with Crippen LogP contribution in [-0.4, -0.2) is 32.4 Å². The van der Waals surface area contributed by atoms with Crippen LogP contribution in [0.2, 0.25) is 0 Å². The predicted molar refractivity (Wildman–Crippen MR) is 81.2 cm³/mol. The summed E-state index contributed by atoms with van der Waals surface area (Å²) in [6.07, 6.45) is 1.37. The Balaban J connectivity index is 1.96. The Bertz CT molecular complexity index is 953. The molecule has 0 fully saturated rings. The van der Waals surface area contributed by atoms with Crippen LogP contribution in [0, 0.1) is 0 Å². The second-order valence-electron chi connectivity index (χ2n) is 4.65. The molecule has 1 aromatic heterocycles. The molecule has 2 aromatic carbocycles. The Hall–Kier alpha value is -3.35. The molecule has 0 spiro atoms. The molecule has 4 N–H and O–H groups in total. The van der Waals surface area contributed by atoms with Crippen molar-refractivity contribution in [3.8, 4) is 5.75 Å². The number of rotatable bonds is 3. The number of carbonyl (C=O) groups is 1. The van der Waals surface area contributed by atoms with Gasteiger partial charge in [-0.05, 0) is 36.4 Å². The Morgan fingerprint density at radius 1 is 1.09 bits per heavy atom. The number of nitrogens with zero attached hydrogens (tertiary/aromatic N) is 1. The summed E-state index contributed by atoms with van der Waals surface area (Å²) < 4.78 is 0. The van der Waals surface area contributed by atoms with Gasteiger partial charge in [-0.1, -0.05) is 0 Å². The average molecular weight is 297 g/mol. The van der Waals surface area contributed by atoms with Crippen molar-refractivity contribution in [2.75, 3.05) is 0 Å². The lowest BCUT2D eigenvalue weighted by molar-refractivity contribution is 0.0697. The lowest BCUT2D eigenvalue weighted by atomic mass is 10.1. The molecule has 0 amide bonds. The second kappa shape index (κ2) is 5.21. The van der Waals surface area contributed by atoms with Crippen LogP contribution < -0.4 is 5.69 Å². The number of fused-ring (bicyclic) bond motifs is 1. The van der Waals surface area contributed by atoms with Gasteiger partial charge in [-0.15, -0.1) is 0 Å². The summed E-state index contributed by atoms with van der Waals surface area (Å²) in [6.45, 7) is 0. The SMILES string of the molecule is O=C(O)c1ccc(O)c(C=Nc2ccc3[nH]c(=O)[nH]c3c2)c1. The molecule has 0 saturated heterocycles. The molecule has 22 heavy (non-hydrogen) atoms. The van der Waals surface area contributed by atoms with E-state index in [0.29, 0.717) is 22.3 Å². The number of phenolic OH excluding ortho intramolecular Hbond substituents is 1. The highest BCUT2D eigenvalue weighted by molar-refractivity contribution is 5.93. The summed E-state index contributed by atoms with van der Waals surface area (Å²) in [5.74, 6) is -1.15. The normalized spacial score (nSPS) is 11.3. The molecule has 1 heterocycles. The minimum Gasteiger partial charge on any atom is -0.507 e. The quantitative estimate of drug-likeness (QED) is 0.553. The number of nitrogens with one attached hydrogen (secondary N) is 2. The van der Waals surface area contributed by atoms with E-state index >= 15 is 0 Å². The zero-order valence-electron chi connectivity index (χ0n) is 11.2. The van der Waals surface area contributed by atoms with E-state index in [4.69, 9.17) is 5.11 Å². The van der Waals surface area contributed by atoms with E-state index < -0.39 is 5.97 Å². The third kappa shape index (κ3) is 2.59. The van der Waals surface area contributed by atoms with Gasteiger partial charge in [0.2, 0.25) is 0 Å². The van der Waals surface area contributed by atoms with Gasteiger partial charge in [0, 0.05) is 11.8 Å². The van der Waals surface area contributed by atoms with Crippen LogP contribution in [0.25, 0.3) is 11.0 Å². The van der Waals surface area contributed by atoms with Gasteiger partial charge >= 0.3 is 11.7 Å². The molecule has 0 radical (unpaired) electrons. The van der Waals surface area contributed by atoms with Gasteiger partial charge in [-0.25, -0.2) is 9.59 Å². The van der Waals surface area contributed by atoms with Crippen molar-refractivity contribution < 1.29 is 15.0 Å². The maximum absolute atomic E-state index is 11.2. The molecule has 0 atom stereocenters. The Morgan fingerprint density at radius 3 is 2.64 bits per heavy atom. The molecule has 0 aliphatic rings. The molecule has 0 bridgehead atoms. The smallest absolute Gasteiger partial charge is 0.335 e. The molecule has 0 saturated carbocycles. The van der Waals surface area contributed by atoms with Crippen molar-refractivity contribution in [1.82, 2.24) is 9.97 Å². The standard InChI is InChI=1S/C15H11N3O4/c19-13-4-1-8(14(20)21)5-9(13)7-16-10-2-3-11-12(6-10)18-15(22)17-11/h1-7,19H,(H,20,21)(H2,17,18,22). The minimum atomic E-state index is -1.08. The summed E-state index contributed by atoms with van der Waals surface area (Å²) >= 11 is 0. The lowest BCUT2D eigenvalue weighted by Gasteiger charge is -2.01. The van der Waals surface area contributed by atoms with Crippen LogP contribution in [0.5, 0.6) is 5.75 Å². The number of imidazole rings is 1. The number of hydrogen-bond donors (Lipinski definition) is 4. The number of hydrogen-bond acceptors (Lipinski definition) is 4. The Kier molecular flexibility index (Phi) is 3.23. The number of carboxylic acids is 1. The highest BCUT2D eigenvalue weighted by atomic mass is 16.4. The molecule has 110 valence electrons. The fourth-order valence-electron chi connectivity index (χ4n) is 2.04. The third-order valence-corrected chi connectivity index (χ3v) is 3.13. The number of carboxylic acid groups (broad SMARTS) is 1. The van der Waals surface area contributed by atoms with Crippen LogP contribution in [0.4, 0.5) is 5.69 Å². The monoisotopic (exact) mass is 297 g/mol. The third-order valence-electron chi connectivity index (χ3n) is 3.13. The van der Waals surface area contributed by atoms with E-state index in [2.05, 4.69) is 15.0 Å². The Morgan fingerprint density at radius 2 is 1.86 bits per heavy atom. The molecule has 0 aliphatic carbocycles. The molecule has 0 unspecified atom stereocenters. The van der Waals surface area contributed by atoms with Gasteiger partial charge in [0.15, 0.2) is 0 Å². The number of H-pyrrole nitrogens is 2. The van der Waals surface area contributed by atoms with Crippen molar-refractivity contribution in [3.63, 3.8) is 0 Å².